The molecular weight excluding hydrogens is 340 g/mol. The average Bonchev–Trinajstić information content (AvgIpc) is 3.24. The van der Waals surface area contributed by atoms with Crippen molar-refractivity contribution in [2.75, 3.05) is 0 Å². The van der Waals surface area contributed by atoms with E-state index in [0.717, 1.165) is 47.5 Å². The van der Waals surface area contributed by atoms with Crippen molar-refractivity contribution in [3.05, 3.63) is 59.7 Å². The van der Waals surface area contributed by atoms with Crippen LogP contribution in [-0.4, -0.2) is 20.4 Å². The van der Waals surface area contributed by atoms with E-state index in [1.165, 1.54) is 0 Å². The maximum absolute atomic E-state index is 12.6. The Morgan fingerprint density at radius 1 is 1.15 bits per heavy atom. The monoisotopic (exact) mass is 362 g/mol. The standard InChI is InChI=1S/C21H22N4O2/c1-3-4-9-20-24-16-12-14(10-11-18(16)27-20)21(26)22-13-19-23-15-7-5-6-8-17(15)25(19)2/h5-8,10-12H,3-4,9,13H2,1-2H3,(H,22,26). The number of hydrogen-bond donors (Lipinski definition) is 1. The van der Waals surface area contributed by atoms with Crippen LogP contribution in [0, 0.1) is 0 Å². The molecule has 1 N–H and O–H groups in total. The minimum Gasteiger partial charge on any atom is -0.441 e. The maximum Gasteiger partial charge on any atom is 0.251 e. The Hall–Kier alpha value is -3.15. The zero-order chi connectivity index (χ0) is 18.8. The number of amides is 1. The van der Waals surface area contributed by atoms with Gasteiger partial charge < -0.3 is 14.3 Å². The highest BCUT2D eigenvalue weighted by molar-refractivity contribution is 5.97. The summed E-state index contributed by atoms with van der Waals surface area (Å²) in [5, 5.41) is 2.94. The summed E-state index contributed by atoms with van der Waals surface area (Å²) in [6, 6.07) is 13.3. The van der Waals surface area contributed by atoms with Crippen molar-refractivity contribution in [1.29, 1.82) is 0 Å². The van der Waals surface area contributed by atoms with Crippen LogP contribution in [-0.2, 0) is 20.0 Å². The van der Waals surface area contributed by atoms with Gasteiger partial charge in [-0.05, 0) is 36.8 Å². The number of unbranched alkanes of at least 4 members (excludes halogenated alkanes) is 1. The van der Waals surface area contributed by atoms with Gasteiger partial charge in [-0.25, -0.2) is 9.97 Å². The molecule has 0 spiro atoms. The Morgan fingerprint density at radius 2 is 2.00 bits per heavy atom. The van der Waals surface area contributed by atoms with Crippen molar-refractivity contribution in [2.24, 2.45) is 7.05 Å². The lowest BCUT2D eigenvalue weighted by molar-refractivity contribution is 0.0949. The summed E-state index contributed by atoms with van der Waals surface area (Å²) < 4.78 is 7.72. The summed E-state index contributed by atoms with van der Waals surface area (Å²) in [7, 11) is 1.95. The zero-order valence-electron chi connectivity index (χ0n) is 15.5. The van der Waals surface area contributed by atoms with Gasteiger partial charge >= 0.3 is 0 Å². The number of fused-ring (bicyclic) bond motifs is 2. The van der Waals surface area contributed by atoms with Crippen LogP contribution in [0.3, 0.4) is 0 Å². The number of carbonyl (C=O) groups excluding carboxylic acids is 1. The third-order valence-electron chi connectivity index (χ3n) is 4.73. The lowest BCUT2D eigenvalue weighted by Crippen LogP contribution is -2.24. The van der Waals surface area contributed by atoms with Gasteiger partial charge in [-0.2, -0.15) is 0 Å². The van der Waals surface area contributed by atoms with Crippen molar-refractivity contribution >= 4 is 28.0 Å². The molecule has 0 bridgehead atoms. The molecule has 6 nitrogen and oxygen atoms in total. The highest BCUT2D eigenvalue weighted by Crippen LogP contribution is 2.19. The molecule has 1 amide bonds. The largest absolute Gasteiger partial charge is 0.441 e. The van der Waals surface area contributed by atoms with Gasteiger partial charge in [0, 0.05) is 19.0 Å². The van der Waals surface area contributed by atoms with E-state index >= 15 is 0 Å². The first-order chi connectivity index (χ1) is 13.2. The molecule has 2 aromatic carbocycles. The molecule has 4 aromatic rings. The van der Waals surface area contributed by atoms with Gasteiger partial charge in [0.05, 0.1) is 17.6 Å². The summed E-state index contributed by atoms with van der Waals surface area (Å²) in [4.78, 5) is 21.6. The number of benzene rings is 2. The fraction of sp³-hybridized carbons (Fsp3) is 0.286. The summed E-state index contributed by atoms with van der Waals surface area (Å²) in [5.41, 5.74) is 3.97. The predicted octanol–water partition coefficient (Wildman–Crippen LogP) is 3.99. The van der Waals surface area contributed by atoms with Crippen molar-refractivity contribution in [1.82, 2.24) is 19.9 Å². The van der Waals surface area contributed by atoms with E-state index in [0.29, 0.717) is 17.7 Å². The first-order valence-corrected chi connectivity index (χ1v) is 9.23. The molecule has 2 heterocycles. The van der Waals surface area contributed by atoms with Crippen LogP contribution in [0.1, 0.15) is 41.8 Å². The summed E-state index contributed by atoms with van der Waals surface area (Å²) in [5.74, 6) is 1.39. The Morgan fingerprint density at radius 3 is 2.81 bits per heavy atom. The van der Waals surface area contributed by atoms with Gasteiger partial charge in [0.25, 0.3) is 5.91 Å². The van der Waals surface area contributed by atoms with E-state index in [1.54, 1.807) is 12.1 Å². The summed E-state index contributed by atoms with van der Waals surface area (Å²) in [6.45, 7) is 2.50. The molecule has 0 aliphatic heterocycles. The van der Waals surface area contributed by atoms with E-state index < -0.39 is 0 Å². The molecule has 0 aliphatic carbocycles. The minimum absolute atomic E-state index is 0.151. The van der Waals surface area contributed by atoms with Crippen LogP contribution in [0.25, 0.3) is 22.1 Å². The molecule has 0 aliphatic rings. The number of rotatable bonds is 6. The first-order valence-electron chi connectivity index (χ1n) is 9.23. The minimum atomic E-state index is -0.151. The third kappa shape index (κ3) is 3.43. The molecular formula is C21H22N4O2. The van der Waals surface area contributed by atoms with Gasteiger partial charge in [-0.15, -0.1) is 0 Å². The Bertz CT molecular complexity index is 1110. The number of nitrogens with one attached hydrogen (secondary N) is 1. The molecule has 0 fully saturated rings. The SMILES string of the molecule is CCCCc1nc2cc(C(=O)NCc3nc4ccccc4n3C)ccc2o1. The van der Waals surface area contributed by atoms with E-state index in [9.17, 15) is 4.79 Å². The molecule has 6 heteroatoms. The first kappa shape index (κ1) is 17.3. The van der Waals surface area contributed by atoms with E-state index in [-0.39, 0.29) is 5.91 Å². The zero-order valence-corrected chi connectivity index (χ0v) is 15.5. The van der Waals surface area contributed by atoms with Gasteiger partial charge in [0.2, 0.25) is 0 Å². The average molecular weight is 362 g/mol. The number of aromatic nitrogens is 3. The fourth-order valence-corrected chi connectivity index (χ4v) is 3.17. The highest BCUT2D eigenvalue weighted by atomic mass is 16.3. The van der Waals surface area contributed by atoms with Crippen molar-refractivity contribution < 1.29 is 9.21 Å². The van der Waals surface area contributed by atoms with Gasteiger partial charge in [-0.3, -0.25) is 4.79 Å². The quantitative estimate of drug-likeness (QED) is 0.563. The van der Waals surface area contributed by atoms with Crippen LogP contribution < -0.4 is 5.32 Å². The molecule has 0 unspecified atom stereocenters. The van der Waals surface area contributed by atoms with E-state index in [1.807, 2.05) is 41.9 Å². The van der Waals surface area contributed by atoms with E-state index in [4.69, 9.17) is 4.42 Å². The number of nitrogens with zero attached hydrogens (tertiary/aromatic N) is 3. The normalized spacial score (nSPS) is 11.3. The molecule has 0 saturated heterocycles. The second-order valence-electron chi connectivity index (χ2n) is 6.65. The van der Waals surface area contributed by atoms with Crippen LogP contribution in [0.15, 0.2) is 46.9 Å². The van der Waals surface area contributed by atoms with Crippen molar-refractivity contribution in [2.45, 2.75) is 32.7 Å². The predicted molar refractivity (Wildman–Crippen MR) is 105 cm³/mol. The van der Waals surface area contributed by atoms with Crippen LogP contribution in [0.4, 0.5) is 0 Å². The lowest BCUT2D eigenvalue weighted by Gasteiger charge is -2.05. The van der Waals surface area contributed by atoms with Crippen molar-refractivity contribution in [3.8, 4) is 0 Å². The summed E-state index contributed by atoms with van der Waals surface area (Å²) in [6.07, 6.45) is 2.95. The second-order valence-corrected chi connectivity index (χ2v) is 6.65. The number of oxazole rings is 1. The Labute approximate surface area is 157 Å². The fourth-order valence-electron chi connectivity index (χ4n) is 3.17. The Balaban J connectivity index is 1.49. The number of imidazole rings is 1. The van der Waals surface area contributed by atoms with Gasteiger partial charge in [-0.1, -0.05) is 25.5 Å². The summed E-state index contributed by atoms with van der Waals surface area (Å²) >= 11 is 0. The van der Waals surface area contributed by atoms with Gasteiger partial charge in [0.1, 0.15) is 11.3 Å². The maximum atomic E-state index is 12.6. The lowest BCUT2D eigenvalue weighted by atomic mass is 10.2. The number of carbonyl (C=O) groups is 1. The molecule has 0 saturated carbocycles. The molecule has 0 radical (unpaired) electrons. The van der Waals surface area contributed by atoms with Crippen LogP contribution >= 0.6 is 0 Å². The highest BCUT2D eigenvalue weighted by Gasteiger charge is 2.12. The molecule has 27 heavy (non-hydrogen) atoms. The van der Waals surface area contributed by atoms with Crippen LogP contribution in [0.5, 0.6) is 0 Å². The van der Waals surface area contributed by atoms with E-state index in [2.05, 4.69) is 22.2 Å². The number of aryl methyl sites for hydroxylation is 2. The van der Waals surface area contributed by atoms with Crippen LogP contribution in [0.2, 0.25) is 0 Å². The molecule has 2 aromatic heterocycles. The third-order valence-corrected chi connectivity index (χ3v) is 4.73. The number of hydrogen-bond acceptors (Lipinski definition) is 4. The van der Waals surface area contributed by atoms with Gasteiger partial charge in [0.15, 0.2) is 11.5 Å². The topological polar surface area (TPSA) is 73.0 Å². The smallest absolute Gasteiger partial charge is 0.251 e. The molecule has 4 rings (SSSR count). The Kier molecular flexibility index (Phi) is 4.62. The molecule has 138 valence electrons. The number of para-hydroxylation sites is 2. The molecule has 0 atom stereocenters. The second kappa shape index (κ2) is 7.23. The van der Waals surface area contributed by atoms with Crippen molar-refractivity contribution in [3.63, 3.8) is 0 Å².